The number of hydroxylamine groups is 2. The van der Waals surface area contributed by atoms with E-state index in [1.807, 2.05) is 0 Å². The number of nitrogens with zero attached hydrogens (tertiary/aromatic N) is 1. The third-order valence-electron chi connectivity index (χ3n) is 2.58. The van der Waals surface area contributed by atoms with Crippen molar-refractivity contribution in [3.63, 3.8) is 0 Å². The van der Waals surface area contributed by atoms with Gasteiger partial charge in [-0.05, 0) is 24.3 Å². The SMILES string of the molecule is Cl.N=C(N)Nc1ccc(C(=O)ON2C(=O)CCC2=O)cc1. The standard InChI is InChI=1S/C12H12N4O4.ClH/c13-12(14)15-8-3-1-7(2-4-8)11(19)20-16-9(17)5-6-10(16)18;/h1-4H,5-6H2,(H4,13,14,15);1H. The van der Waals surface area contributed by atoms with Gasteiger partial charge in [0.2, 0.25) is 0 Å². The van der Waals surface area contributed by atoms with E-state index in [1.165, 1.54) is 24.3 Å². The average Bonchev–Trinajstić information content (AvgIpc) is 2.70. The molecule has 4 N–H and O–H groups in total. The molecule has 21 heavy (non-hydrogen) atoms. The second kappa shape index (κ2) is 6.71. The van der Waals surface area contributed by atoms with Crippen molar-refractivity contribution in [2.45, 2.75) is 12.8 Å². The van der Waals surface area contributed by atoms with Crippen molar-refractivity contribution in [2.24, 2.45) is 5.73 Å². The average molecular weight is 313 g/mol. The highest BCUT2D eigenvalue weighted by atomic mass is 35.5. The molecule has 1 aromatic carbocycles. The van der Waals surface area contributed by atoms with Gasteiger partial charge in [0.1, 0.15) is 0 Å². The van der Waals surface area contributed by atoms with E-state index >= 15 is 0 Å². The molecule has 0 atom stereocenters. The van der Waals surface area contributed by atoms with Gasteiger partial charge in [0.15, 0.2) is 5.96 Å². The minimum absolute atomic E-state index is 0. The number of rotatable bonds is 3. The maximum atomic E-state index is 11.8. The smallest absolute Gasteiger partial charge is 0.363 e. The molecule has 8 nitrogen and oxygen atoms in total. The molecule has 0 saturated carbocycles. The lowest BCUT2D eigenvalue weighted by Crippen LogP contribution is -2.32. The zero-order chi connectivity index (χ0) is 14.7. The fourth-order valence-electron chi connectivity index (χ4n) is 1.64. The Hall–Kier alpha value is -2.61. The summed E-state index contributed by atoms with van der Waals surface area (Å²) in [5.74, 6) is -2.09. The predicted octanol–water partition coefficient (Wildman–Crippen LogP) is 0.635. The van der Waals surface area contributed by atoms with Crippen LogP contribution in [0.2, 0.25) is 0 Å². The number of amides is 2. The number of nitrogens with two attached hydrogens (primary N) is 1. The van der Waals surface area contributed by atoms with Gasteiger partial charge < -0.3 is 15.9 Å². The van der Waals surface area contributed by atoms with Crippen LogP contribution in [0.5, 0.6) is 0 Å². The molecule has 1 heterocycles. The maximum absolute atomic E-state index is 11.8. The molecule has 0 spiro atoms. The molecular formula is C12H13ClN4O4. The van der Waals surface area contributed by atoms with Gasteiger partial charge >= 0.3 is 5.97 Å². The molecular weight excluding hydrogens is 300 g/mol. The summed E-state index contributed by atoms with van der Waals surface area (Å²) in [5, 5.41) is 10.1. The Balaban J connectivity index is 0.00000220. The van der Waals surface area contributed by atoms with E-state index in [1.54, 1.807) is 0 Å². The third kappa shape index (κ3) is 3.93. The number of hydrogen-bond acceptors (Lipinski definition) is 5. The van der Waals surface area contributed by atoms with Gasteiger partial charge in [0.05, 0.1) is 5.56 Å². The topological polar surface area (TPSA) is 126 Å². The van der Waals surface area contributed by atoms with E-state index in [0.717, 1.165) is 0 Å². The molecule has 1 aliphatic heterocycles. The minimum Gasteiger partial charge on any atom is -0.370 e. The summed E-state index contributed by atoms with van der Waals surface area (Å²) in [6.45, 7) is 0. The Kier molecular flexibility index (Phi) is 5.25. The van der Waals surface area contributed by atoms with Gasteiger partial charge in [-0.15, -0.1) is 17.5 Å². The third-order valence-corrected chi connectivity index (χ3v) is 2.58. The maximum Gasteiger partial charge on any atom is 0.363 e. The van der Waals surface area contributed by atoms with Gasteiger partial charge in [0, 0.05) is 18.5 Å². The second-order valence-electron chi connectivity index (χ2n) is 4.08. The number of benzene rings is 1. The molecule has 2 rings (SSSR count). The molecule has 0 unspecified atom stereocenters. The molecule has 2 amide bonds. The van der Waals surface area contributed by atoms with Gasteiger partial charge in [-0.25, -0.2) is 4.79 Å². The monoisotopic (exact) mass is 312 g/mol. The summed E-state index contributed by atoms with van der Waals surface area (Å²) >= 11 is 0. The van der Waals surface area contributed by atoms with E-state index in [4.69, 9.17) is 16.0 Å². The van der Waals surface area contributed by atoms with E-state index in [9.17, 15) is 14.4 Å². The van der Waals surface area contributed by atoms with E-state index in [2.05, 4.69) is 5.32 Å². The van der Waals surface area contributed by atoms with Crippen LogP contribution in [-0.4, -0.2) is 28.8 Å². The van der Waals surface area contributed by atoms with E-state index in [-0.39, 0.29) is 36.8 Å². The van der Waals surface area contributed by atoms with E-state index in [0.29, 0.717) is 10.8 Å². The Morgan fingerprint density at radius 1 is 1.19 bits per heavy atom. The first-order chi connectivity index (χ1) is 9.47. The Labute approximate surface area is 126 Å². The Morgan fingerprint density at radius 2 is 1.71 bits per heavy atom. The van der Waals surface area contributed by atoms with Crippen LogP contribution in [0.25, 0.3) is 0 Å². The van der Waals surface area contributed by atoms with Crippen molar-refractivity contribution >= 4 is 41.8 Å². The normalized spacial score (nSPS) is 13.6. The van der Waals surface area contributed by atoms with Crippen molar-refractivity contribution in [1.29, 1.82) is 5.41 Å². The van der Waals surface area contributed by atoms with Crippen LogP contribution >= 0.6 is 12.4 Å². The lowest BCUT2D eigenvalue weighted by molar-refractivity contribution is -0.172. The second-order valence-corrected chi connectivity index (χ2v) is 4.08. The van der Waals surface area contributed by atoms with Crippen molar-refractivity contribution < 1.29 is 19.2 Å². The lowest BCUT2D eigenvalue weighted by Gasteiger charge is -2.12. The number of guanidine groups is 1. The Morgan fingerprint density at radius 3 is 2.19 bits per heavy atom. The van der Waals surface area contributed by atoms with E-state index < -0.39 is 17.8 Å². The highest BCUT2D eigenvalue weighted by Gasteiger charge is 2.33. The van der Waals surface area contributed by atoms with Gasteiger partial charge in [-0.3, -0.25) is 15.0 Å². The van der Waals surface area contributed by atoms with Gasteiger partial charge in [-0.1, -0.05) is 0 Å². The highest BCUT2D eigenvalue weighted by Crippen LogP contribution is 2.15. The number of nitrogens with one attached hydrogen (secondary N) is 2. The van der Waals surface area contributed by atoms with Crippen molar-refractivity contribution in [3.05, 3.63) is 29.8 Å². The zero-order valence-corrected chi connectivity index (χ0v) is 11.6. The predicted molar refractivity (Wildman–Crippen MR) is 75.7 cm³/mol. The highest BCUT2D eigenvalue weighted by molar-refractivity contribution is 6.02. The summed E-state index contributed by atoms with van der Waals surface area (Å²) in [7, 11) is 0. The van der Waals surface area contributed by atoms with Crippen LogP contribution in [0.4, 0.5) is 5.69 Å². The molecule has 0 aromatic heterocycles. The molecule has 1 aliphatic rings. The van der Waals surface area contributed by atoms with Crippen LogP contribution in [0.3, 0.4) is 0 Å². The lowest BCUT2D eigenvalue weighted by atomic mass is 10.2. The summed E-state index contributed by atoms with van der Waals surface area (Å²) in [6, 6.07) is 5.90. The van der Waals surface area contributed by atoms with Crippen LogP contribution in [-0.2, 0) is 14.4 Å². The molecule has 9 heteroatoms. The fraction of sp³-hybridized carbons (Fsp3) is 0.167. The largest absolute Gasteiger partial charge is 0.370 e. The first kappa shape index (κ1) is 16.4. The van der Waals surface area contributed by atoms with Crippen LogP contribution < -0.4 is 11.1 Å². The van der Waals surface area contributed by atoms with Gasteiger partial charge in [-0.2, -0.15) is 0 Å². The number of imide groups is 1. The number of carbonyl (C=O) groups excluding carboxylic acids is 3. The fourth-order valence-corrected chi connectivity index (χ4v) is 1.64. The summed E-state index contributed by atoms with van der Waals surface area (Å²) in [6.07, 6.45) is 0.0984. The Bertz CT molecular complexity index is 571. The minimum atomic E-state index is -0.803. The number of hydrogen-bond donors (Lipinski definition) is 3. The quantitative estimate of drug-likeness (QED) is 0.427. The summed E-state index contributed by atoms with van der Waals surface area (Å²) < 4.78 is 0. The molecule has 1 fully saturated rings. The number of halogens is 1. The molecule has 0 radical (unpaired) electrons. The molecule has 1 aromatic rings. The van der Waals surface area contributed by atoms with Crippen molar-refractivity contribution in [3.8, 4) is 0 Å². The molecule has 0 aliphatic carbocycles. The first-order valence-electron chi connectivity index (χ1n) is 5.76. The molecule has 0 bridgehead atoms. The zero-order valence-electron chi connectivity index (χ0n) is 10.8. The molecule has 1 saturated heterocycles. The molecule has 112 valence electrons. The van der Waals surface area contributed by atoms with Gasteiger partial charge in [0.25, 0.3) is 11.8 Å². The summed E-state index contributed by atoms with van der Waals surface area (Å²) in [4.78, 5) is 39.1. The number of anilines is 1. The van der Waals surface area contributed by atoms with Crippen LogP contribution in [0.15, 0.2) is 24.3 Å². The van der Waals surface area contributed by atoms with Crippen LogP contribution in [0, 0.1) is 5.41 Å². The first-order valence-corrected chi connectivity index (χ1v) is 5.76. The number of carbonyl (C=O) groups is 3. The van der Waals surface area contributed by atoms with Crippen LogP contribution in [0.1, 0.15) is 23.2 Å². The van der Waals surface area contributed by atoms with Crippen molar-refractivity contribution in [2.75, 3.05) is 5.32 Å². The van der Waals surface area contributed by atoms with Crippen molar-refractivity contribution in [1.82, 2.24) is 5.06 Å². The summed E-state index contributed by atoms with van der Waals surface area (Å²) in [5.41, 5.74) is 5.86.